The van der Waals surface area contributed by atoms with E-state index in [0.717, 1.165) is 28.5 Å². The number of rotatable bonds is 5. The Bertz CT molecular complexity index is 1070. The average Bonchev–Trinajstić information content (AvgIpc) is 2.68. The minimum absolute atomic E-state index is 0.0495. The van der Waals surface area contributed by atoms with E-state index in [-0.39, 0.29) is 5.91 Å². The van der Waals surface area contributed by atoms with Crippen molar-refractivity contribution in [3.05, 3.63) is 90.1 Å². The second kappa shape index (κ2) is 7.36. The summed E-state index contributed by atoms with van der Waals surface area (Å²) in [6.45, 7) is 0.613. The number of aromatic nitrogens is 1. The number of hydrogen-bond acceptors (Lipinski definition) is 2. The second-order valence-electron chi connectivity index (χ2n) is 6.45. The van der Waals surface area contributed by atoms with Gasteiger partial charge in [-0.05, 0) is 34.4 Å². The number of carbonyl (C=O) groups is 1. The Hall–Kier alpha value is -3.20. The Morgan fingerprint density at radius 1 is 0.846 bits per heavy atom. The Labute approximate surface area is 152 Å². The van der Waals surface area contributed by atoms with Crippen molar-refractivity contribution in [2.24, 2.45) is 0 Å². The fourth-order valence-corrected chi connectivity index (χ4v) is 3.30. The van der Waals surface area contributed by atoms with Gasteiger partial charge in [-0.1, -0.05) is 66.7 Å². The Morgan fingerprint density at radius 2 is 1.65 bits per heavy atom. The molecule has 0 unspecified atom stereocenters. The molecule has 3 heteroatoms. The number of nitrogens with one attached hydrogen (secondary N) is 1. The Balaban J connectivity index is 1.37. The molecule has 0 spiro atoms. The van der Waals surface area contributed by atoms with Gasteiger partial charge >= 0.3 is 0 Å². The maximum atomic E-state index is 12.3. The maximum Gasteiger partial charge on any atom is 0.224 e. The lowest BCUT2D eigenvalue weighted by Crippen LogP contribution is -2.27. The van der Waals surface area contributed by atoms with E-state index in [4.69, 9.17) is 0 Å². The first-order chi connectivity index (χ1) is 12.8. The number of para-hydroxylation sites is 1. The molecule has 0 saturated heterocycles. The zero-order chi connectivity index (χ0) is 17.8. The van der Waals surface area contributed by atoms with Crippen molar-refractivity contribution in [1.82, 2.24) is 10.3 Å². The predicted octanol–water partition coefficient (Wildman–Crippen LogP) is 4.29. The van der Waals surface area contributed by atoms with Gasteiger partial charge in [-0.15, -0.1) is 0 Å². The summed E-state index contributed by atoms with van der Waals surface area (Å²) < 4.78 is 0. The van der Waals surface area contributed by atoms with Crippen LogP contribution in [0.15, 0.2) is 79.0 Å². The lowest BCUT2D eigenvalue weighted by molar-refractivity contribution is -0.120. The van der Waals surface area contributed by atoms with E-state index >= 15 is 0 Å². The highest BCUT2D eigenvalue weighted by Crippen LogP contribution is 2.17. The van der Waals surface area contributed by atoms with Crippen molar-refractivity contribution in [2.45, 2.75) is 12.8 Å². The number of carbonyl (C=O) groups excluding carboxylic acids is 1. The number of amides is 1. The molecule has 0 radical (unpaired) electrons. The molecule has 26 heavy (non-hydrogen) atoms. The van der Waals surface area contributed by atoms with Crippen LogP contribution in [-0.2, 0) is 17.6 Å². The monoisotopic (exact) mass is 340 g/mol. The summed E-state index contributed by atoms with van der Waals surface area (Å²) in [7, 11) is 0. The van der Waals surface area contributed by atoms with Crippen molar-refractivity contribution in [3.63, 3.8) is 0 Å². The van der Waals surface area contributed by atoms with E-state index in [1.165, 1.54) is 10.8 Å². The summed E-state index contributed by atoms with van der Waals surface area (Å²) in [4.78, 5) is 16.7. The summed E-state index contributed by atoms with van der Waals surface area (Å²) in [5, 5.41) is 6.52. The van der Waals surface area contributed by atoms with Gasteiger partial charge in [0, 0.05) is 18.1 Å². The molecule has 1 amide bonds. The lowest BCUT2D eigenvalue weighted by atomic mass is 10.0. The Morgan fingerprint density at radius 3 is 2.58 bits per heavy atom. The molecular formula is C23H20N2O. The molecular weight excluding hydrogens is 320 g/mol. The SMILES string of the molecule is O=C(Cc1ccc2ccccc2c1)NCCc1cccc2cccnc12. The van der Waals surface area contributed by atoms with Crippen LogP contribution < -0.4 is 5.32 Å². The molecule has 4 rings (SSSR count). The zero-order valence-corrected chi connectivity index (χ0v) is 14.5. The first-order valence-corrected chi connectivity index (χ1v) is 8.86. The molecule has 4 aromatic rings. The molecule has 0 fully saturated rings. The molecule has 0 bridgehead atoms. The fourth-order valence-electron chi connectivity index (χ4n) is 3.30. The second-order valence-corrected chi connectivity index (χ2v) is 6.45. The number of fused-ring (bicyclic) bond motifs is 2. The first-order valence-electron chi connectivity index (χ1n) is 8.86. The molecule has 3 aromatic carbocycles. The van der Waals surface area contributed by atoms with Crippen LogP contribution in [0.4, 0.5) is 0 Å². The molecule has 1 aromatic heterocycles. The number of pyridine rings is 1. The molecule has 1 N–H and O–H groups in total. The van der Waals surface area contributed by atoms with Crippen LogP contribution >= 0.6 is 0 Å². The molecule has 0 aliphatic rings. The normalized spacial score (nSPS) is 10.9. The van der Waals surface area contributed by atoms with Crippen molar-refractivity contribution in [1.29, 1.82) is 0 Å². The largest absolute Gasteiger partial charge is 0.355 e. The molecule has 0 saturated carbocycles. The highest BCUT2D eigenvalue weighted by Gasteiger charge is 2.06. The van der Waals surface area contributed by atoms with Crippen LogP contribution in [0, 0.1) is 0 Å². The topological polar surface area (TPSA) is 42.0 Å². The van der Waals surface area contributed by atoms with Crippen molar-refractivity contribution >= 4 is 27.6 Å². The molecule has 0 aliphatic heterocycles. The lowest BCUT2D eigenvalue weighted by Gasteiger charge is -2.08. The van der Waals surface area contributed by atoms with Crippen LogP contribution in [0.3, 0.4) is 0 Å². The van der Waals surface area contributed by atoms with Crippen LogP contribution in [0.5, 0.6) is 0 Å². The van der Waals surface area contributed by atoms with Crippen LogP contribution in [0.2, 0.25) is 0 Å². The van der Waals surface area contributed by atoms with Crippen molar-refractivity contribution < 1.29 is 4.79 Å². The summed E-state index contributed by atoms with van der Waals surface area (Å²) in [5.41, 5.74) is 3.21. The van der Waals surface area contributed by atoms with Crippen LogP contribution in [-0.4, -0.2) is 17.4 Å². The van der Waals surface area contributed by atoms with Gasteiger partial charge in [0.15, 0.2) is 0 Å². The van der Waals surface area contributed by atoms with Crippen molar-refractivity contribution in [2.75, 3.05) is 6.54 Å². The first kappa shape index (κ1) is 16.3. The third-order valence-electron chi connectivity index (χ3n) is 4.61. The third kappa shape index (κ3) is 3.57. The highest BCUT2D eigenvalue weighted by atomic mass is 16.1. The van der Waals surface area contributed by atoms with E-state index < -0.39 is 0 Å². The molecule has 3 nitrogen and oxygen atoms in total. The van der Waals surface area contributed by atoms with E-state index in [0.29, 0.717) is 13.0 Å². The standard InChI is InChI=1S/C23H20N2O/c26-22(16-17-10-11-18-5-1-2-6-21(18)15-17)24-14-12-20-8-3-7-19-9-4-13-25-23(19)20/h1-11,13,15H,12,14,16H2,(H,24,26). The quantitative estimate of drug-likeness (QED) is 0.589. The van der Waals surface area contributed by atoms with Crippen molar-refractivity contribution in [3.8, 4) is 0 Å². The van der Waals surface area contributed by atoms with Gasteiger partial charge in [0.05, 0.1) is 11.9 Å². The van der Waals surface area contributed by atoms with Crippen LogP contribution in [0.25, 0.3) is 21.7 Å². The van der Waals surface area contributed by atoms with Gasteiger partial charge in [-0.3, -0.25) is 9.78 Å². The fraction of sp³-hybridized carbons (Fsp3) is 0.130. The predicted molar refractivity (Wildman–Crippen MR) is 106 cm³/mol. The van der Waals surface area contributed by atoms with Gasteiger partial charge in [-0.2, -0.15) is 0 Å². The average molecular weight is 340 g/mol. The molecule has 128 valence electrons. The Kier molecular flexibility index (Phi) is 4.61. The molecule has 0 atom stereocenters. The third-order valence-corrected chi connectivity index (χ3v) is 4.61. The number of nitrogens with zero attached hydrogens (tertiary/aromatic N) is 1. The van der Waals surface area contributed by atoms with Gasteiger partial charge in [0.2, 0.25) is 5.91 Å². The summed E-state index contributed by atoms with van der Waals surface area (Å²) >= 11 is 0. The van der Waals surface area contributed by atoms with Gasteiger partial charge in [0.1, 0.15) is 0 Å². The van der Waals surface area contributed by atoms with Crippen LogP contribution in [0.1, 0.15) is 11.1 Å². The molecule has 0 aliphatic carbocycles. The van der Waals surface area contributed by atoms with E-state index in [1.54, 1.807) is 0 Å². The van der Waals surface area contributed by atoms with E-state index in [1.807, 2.05) is 36.5 Å². The molecule has 1 heterocycles. The smallest absolute Gasteiger partial charge is 0.224 e. The van der Waals surface area contributed by atoms with E-state index in [2.05, 4.69) is 52.8 Å². The van der Waals surface area contributed by atoms with E-state index in [9.17, 15) is 4.79 Å². The van der Waals surface area contributed by atoms with Gasteiger partial charge in [0.25, 0.3) is 0 Å². The summed E-state index contributed by atoms with van der Waals surface area (Å²) in [5.74, 6) is 0.0495. The minimum Gasteiger partial charge on any atom is -0.355 e. The zero-order valence-electron chi connectivity index (χ0n) is 14.5. The summed E-state index contributed by atoms with van der Waals surface area (Å²) in [6, 6.07) is 24.6. The highest BCUT2D eigenvalue weighted by molar-refractivity contribution is 5.85. The summed E-state index contributed by atoms with van der Waals surface area (Å²) in [6.07, 6.45) is 2.99. The van der Waals surface area contributed by atoms with Gasteiger partial charge in [-0.25, -0.2) is 0 Å². The number of benzene rings is 3. The minimum atomic E-state index is 0.0495. The van der Waals surface area contributed by atoms with Gasteiger partial charge < -0.3 is 5.32 Å². The number of hydrogen-bond donors (Lipinski definition) is 1. The maximum absolute atomic E-state index is 12.3.